The van der Waals surface area contributed by atoms with Crippen molar-refractivity contribution in [2.75, 3.05) is 5.75 Å². The van der Waals surface area contributed by atoms with Crippen LogP contribution in [-0.4, -0.2) is 25.1 Å². The molecule has 7 heteroatoms. The minimum atomic E-state index is -3.27. The molecule has 0 spiro atoms. The zero-order chi connectivity index (χ0) is 11.5. The average molecular weight is 251 g/mol. The van der Waals surface area contributed by atoms with Crippen molar-refractivity contribution in [2.45, 2.75) is 18.2 Å². The molecular weight excluding hydrogens is 241 g/mol. The van der Waals surface area contributed by atoms with E-state index in [-0.39, 0.29) is 52.3 Å². The van der Waals surface area contributed by atoms with Gasteiger partial charge in [-0.1, -0.05) is 6.92 Å². The molecule has 0 radical (unpaired) electrons. The SMILES string of the molecule is CCS(=O)(=O)c1ccc(CC(=O)[O-])nc1.[Na+]. The Morgan fingerprint density at radius 3 is 2.44 bits per heavy atom. The fraction of sp³-hybridized carbons (Fsp3) is 0.333. The van der Waals surface area contributed by atoms with Crippen LogP contribution in [0.3, 0.4) is 0 Å². The summed E-state index contributed by atoms with van der Waals surface area (Å²) in [6.07, 6.45) is 0.851. The zero-order valence-corrected chi connectivity index (χ0v) is 12.0. The van der Waals surface area contributed by atoms with Crippen LogP contribution >= 0.6 is 0 Å². The number of hydrogen-bond acceptors (Lipinski definition) is 5. The average Bonchev–Trinajstić information content (AvgIpc) is 2.18. The summed E-state index contributed by atoms with van der Waals surface area (Å²) in [6, 6.07) is 2.72. The fourth-order valence-electron chi connectivity index (χ4n) is 1.01. The Balaban J connectivity index is 0.00000225. The first kappa shape index (κ1) is 15.6. The second-order valence-electron chi connectivity index (χ2n) is 2.94. The second kappa shape index (κ2) is 6.34. The van der Waals surface area contributed by atoms with E-state index in [1.807, 2.05) is 0 Å². The summed E-state index contributed by atoms with van der Waals surface area (Å²) in [5.41, 5.74) is 0.282. The molecule has 1 heterocycles. The van der Waals surface area contributed by atoms with E-state index in [2.05, 4.69) is 4.98 Å². The van der Waals surface area contributed by atoms with Gasteiger partial charge in [0.1, 0.15) is 0 Å². The van der Waals surface area contributed by atoms with Crippen LogP contribution in [0, 0.1) is 0 Å². The Kier molecular flexibility index (Phi) is 6.17. The third kappa shape index (κ3) is 4.21. The minimum absolute atomic E-state index is 0. The number of pyridine rings is 1. The van der Waals surface area contributed by atoms with Crippen LogP contribution in [0.25, 0.3) is 0 Å². The molecule has 0 saturated heterocycles. The molecule has 1 aromatic rings. The van der Waals surface area contributed by atoms with Crippen molar-refractivity contribution in [3.63, 3.8) is 0 Å². The molecule has 0 aliphatic rings. The van der Waals surface area contributed by atoms with Gasteiger partial charge in [-0.3, -0.25) is 4.98 Å². The summed E-state index contributed by atoms with van der Waals surface area (Å²) in [7, 11) is -3.27. The molecule has 0 amide bonds. The summed E-state index contributed by atoms with van der Waals surface area (Å²) >= 11 is 0. The first-order valence-electron chi connectivity index (χ1n) is 4.33. The number of hydrogen-bond donors (Lipinski definition) is 0. The molecule has 0 atom stereocenters. The van der Waals surface area contributed by atoms with E-state index < -0.39 is 15.8 Å². The van der Waals surface area contributed by atoms with Crippen molar-refractivity contribution >= 4 is 15.8 Å². The maximum Gasteiger partial charge on any atom is 1.00 e. The van der Waals surface area contributed by atoms with Crippen LogP contribution in [-0.2, 0) is 21.1 Å². The van der Waals surface area contributed by atoms with Gasteiger partial charge in [-0.25, -0.2) is 8.42 Å². The van der Waals surface area contributed by atoms with Gasteiger partial charge in [-0.15, -0.1) is 0 Å². The van der Waals surface area contributed by atoms with Gasteiger partial charge in [0.2, 0.25) is 0 Å². The van der Waals surface area contributed by atoms with Crippen LogP contribution in [0.2, 0.25) is 0 Å². The molecule has 0 fully saturated rings. The third-order valence-corrected chi connectivity index (χ3v) is 3.58. The molecule has 0 saturated carbocycles. The Labute approximate surface area is 116 Å². The molecule has 1 rings (SSSR count). The molecule has 1 aromatic heterocycles. The molecular formula is C9H10NNaO4S. The van der Waals surface area contributed by atoms with Gasteiger partial charge in [-0.05, 0) is 12.1 Å². The van der Waals surface area contributed by atoms with E-state index in [1.165, 1.54) is 19.1 Å². The number of carbonyl (C=O) groups is 1. The summed E-state index contributed by atoms with van der Waals surface area (Å²) in [5, 5.41) is 10.2. The molecule has 0 aliphatic heterocycles. The van der Waals surface area contributed by atoms with E-state index in [1.54, 1.807) is 0 Å². The van der Waals surface area contributed by atoms with Crippen LogP contribution in [0.5, 0.6) is 0 Å². The Hall–Kier alpha value is -0.430. The molecule has 0 N–H and O–H groups in total. The van der Waals surface area contributed by atoms with Gasteiger partial charge in [0.25, 0.3) is 0 Å². The number of rotatable bonds is 4. The number of aromatic nitrogens is 1. The van der Waals surface area contributed by atoms with Gasteiger partial charge in [0, 0.05) is 24.3 Å². The van der Waals surface area contributed by atoms with Crippen LogP contribution < -0.4 is 34.7 Å². The monoisotopic (exact) mass is 251 g/mol. The molecule has 5 nitrogen and oxygen atoms in total. The molecule has 82 valence electrons. The van der Waals surface area contributed by atoms with Gasteiger partial charge < -0.3 is 9.90 Å². The van der Waals surface area contributed by atoms with Gasteiger partial charge in [-0.2, -0.15) is 0 Å². The normalized spacial score (nSPS) is 10.6. The standard InChI is InChI=1S/C9H11NO4S.Na/c1-2-15(13,14)8-4-3-7(10-6-8)5-9(11)12;/h3-4,6H,2,5H2,1H3,(H,11,12);/q;+1/p-1. The number of aliphatic carboxylic acids is 1. The maximum atomic E-state index is 11.4. The Bertz CT molecular complexity index is 455. The second-order valence-corrected chi connectivity index (χ2v) is 5.22. The van der Waals surface area contributed by atoms with Crippen molar-refractivity contribution in [2.24, 2.45) is 0 Å². The van der Waals surface area contributed by atoms with Crippen molar-refractivity contribution in [1.82, 2.24) is 4.98 Å². The van der Waals surface area contributed by atoms with Crippen molar-refractivity contribution in [1.29, 1.82) is 0 Å². The van der Waals surface area contributed by atoms with Gasteiger partial charge in [0.15, 0.2) is 9.84 Å². The Morgan fingerprint density at radius 2 is 2.06 bits per heavy atom. The van der Waals surface area contributed by atoms with E-state index >= 15 is 0 Å². The van der Waals surface area contributed by atoms with E-state index in [0.717, 1.165) is 6.20 Å². The number of nitrogens with zero attached hydrogens (tertiary/aromatic N) is 1. The van der Waals surface area contributed by atoms with Crippen LogP contribution in [0.1, 0.15) is 12.6 Å². The Morgan fingerprint density at radius 1 is 1.44 bits per heavy atom. The predicted molar refractivity (Wildman–Crippen MR) is 50.7 cm³/mol. The fourth-order valence-corrected chi connectivity index (χ4v) is 1.84. The van der Waals surface area contributed by atoms with Crippen molar-refractivity contribution in [3.8, 4) is 0 Å². The van der Waals surface area contributed by atoms with E-state index in [0.29, 0.717) is 0 Å². The number of carboxylic acids is 1. The van der Waals surface area contributed by atoms with Crippen molar-refractivity contribution in [3.05, 3.63) is 24.0 Å². The van der Waals surface area contributed by atoms with E-state index in [4.69, 9.17) is 0 Å². The quantitative estimate of drug-likeness (QED) is 0.512. The molecule has 16 heavy (non-hydrogen) atoms. The minimum Gasteiger partial charge on any atom is -0.550 e. The number of carboxylic acid groups (broad SMARTS) is 1. The first-order valence-corrected chi connectivity index (χ1v) is 5.98. The largest absolute Gasteiger partial charge is 1.00 e. The van der Waals surface area contributed by atoms with Crippen LogP contribution in [0.15, 0.2) is 23.2 Å². The summed E-state index contributed by atoms with van der Waals surface area (Å²) < 4.78 is 22.7. The number of sulfone groups is 1. The number of carbonyl (C=O) groups excluding carboxylic acids is 1. The first-order chi connectivity index (χ1) is 6.95. The van der Waals surface area contributed by atoms with Crippen LogP contribution in [0.4, 0.5) is 0 Å². The van der Waals surface area contributed by atoms with E-state index in [9.17, 15) is 18.3 Å². The summed E-state index contributed by atoms with van der Waals surface area (Å²) in [6.45, 7) is 1.53. The molecule has 0 aromatic carbocycles. The predicted octanol–water partition coefficient (Wildman–Crippen LogP) is -3.83. The van der Waals surface area contributed by atoms with Gasteiger partial charge in [0.05, 0.1) is 10.6 Å². The third-order valence-electron chi connectivity index (χ3n) is 1.86. The molecule has 0 unspecified atom stereocenters. The van der Waals surface area contributed by atoms with Crippen molar-refractivity contribution < 1.29 is 47.9 Å². The summed E-state index contributed by atoms with van der Waals surface area (Å²) in [5.74, 6) is -1.25. The maximum absolute atomic E-state index is 11.4. The smallest absolute Gasteiger partial charge is 0.550 e. The zero-order valence-electron chi connectivity index (χ0n) is 9.13. The summed E-state index contributed by atoms with van der Waals surface area (Å²) in [4.78, 5) is 14.1. The molecule has 0 aliphatic carbocycles. The topological polar surface area (TPSA) is 87.2 Å². The van der Waals surface area contributed by atoms with Gasteiger partial charge >= 0.3 is 29.6 Å². The molecule has 0 bridgehead atoms.